The molecule has 0 spiro atoms. The van der Waals surface area contributed by atoms with Crippen molar-refractivity contribution in [1.29, 1.82) is 5.41 Å². The number of nitrogens with one attached hydrogen (secondary N) is 7. The van der Waals surface area contributed by atoms with Gasteiger partial charge in [-0.1, -0.05) is 13.8 Å². The van der Waals surface area contributed by atoms with Gasteiger partial charge >= 0.3 is 11.9 Å². The van der Waals surface area contributed by atoms with E-state index in [0.29, 0.717) is 0 Å². The summed E-state index contributed by atoms with van der Waals surface area (Å²) in [4.78, 5) is 85.9. The summed E-state index contributed by atoms with van der Waals surface area (Å²) in [7, 11) is 0. The van der Waals surface area contributed by atoms with Gasteiger partial charge in [-0.3, -0.25) is 34.2 Å². The van der Waals surface area contributed by atoms with Gasteiger partial charge in [0, 0.05) is 6.54 Å². The molecule has 0 rings (SSSR count). The Hall–Kier alpha value is -4.56. The fourth-order valence-electron chi connectivity index (χ4n) is 3.58. The standard InChI is InChI=1S/C25H45N9O11/c1-10(2)18(34-22(42)17(26)12(4)36)23(43)31-13(6-5-7-29-25(27)28)20(40)33-15(9-35)21(41)30-11(3)19(39)32-14(24(44)45)8-16(37)38/h10-15,17-18,35-36H,5-9,26H2,1-4H3,(H,30,41)(H,31,43)(H,32,39)(H,33,40)(H,34,42)(H,37,38)(H,44,45)(H4,27,28,29)/t11-,12+,13-,14-,15-,17-,18-/m0/s1. The lowest BCUT2D eigenvalue weighted by Gasteiger charge is -2.27. The van der Waals surface area contributed by atoms with E-state index >= 15 is 0 Å². The van der Waals surface area contributed by atoms with Gasteiger partial charge in [-0.2, -0.15) is 0 Å². The van der Waals surface area contributed by atoms with Gasteiger partial charge in [0.25, 0.3) is 0 Å². The minimum absolute atomic E-state index is 0.0669. The van der Waals surface area contributed by atoms with E-state index in [-0.39, 0.29) is 25.3 Å². The summed E-state index contributed by atoms with van der Waals surface area (Å²) in [5.41, 5.74) is 10.9. The van der Waals surface area contributed by atoms with Crippen molar-refractivity contribution in [2.45, 2.75) is 89.3 Å². The minimum Gasteiger partial charge on any atom is -0.481 e. The van der Waals surface area contributed by atoms with Crippen LogP contribution in [0.1, 0.15) is 47.0 Å². The lowest BCUT2D eigenvalue weighted by Crippen LogP contribution is -2.60. The van der Waals surface area contributed by atoms with Crippen LogP contribution in [-0.2, 0) is 33.6 Å². The van der Waals surface area contributed by atoms with Crippen LogP contribution in [0.2, 0.25) is 0 Å². The molecular formula is C25H45N9O11. The molecule has 0 unspecified atom stereocenters. The highest BCUT2D eigenvalue weighted by molar-refractivity contribution is 5.96. The molecule has 0 saturated heterocycles. The van der Waals surface area contributed by atoms with Crippen molar-refractivity contribution in [3.05, 3.63) is 0 Å². The van der Waals surface area contributed by atoms with Crippen LogP contribution in [-0.4, -0.2) is 123 Å². The van der Waals surface area contributed by atoms with Crippen LogP contribution in [0.5, 0.6) is 0 Å². The smallest absolute Gasteiger partial charge is 0.326 e. The number of rotatable bonds is 20. The molecule has 5 amide bonds. The molecule has 15 N–H and O–H groups in total. The van der Waals surface area contributed by atoms with Gasteiger partial charge in [-0.05, 0) is 32.6 Å². The second-order valence-electron chi connectivity index (χ2n) is 10.5. The van der Waals surface area contributed by atoms with E-state index in [1.807, 2.05) is 5.32 Å². The van der Waals surface area contributed by atoms with Gasteiger partial charge in [0.1, 0.15) is 36.3 Å². The summed E-state index contributed by atoms with van der Waals surface area (Å²) in [6, 6.07) is -8.73. The van der Waals surface area contributed by atoms with Crippen molar-refractivity contribution in [2.24, 2.45) is 17.4 Å². The molecular weight excluding hydrogens is 602 g/mol. The lowest BCUT2D eigenvalue weighted by atomic mass is 10.0. The Morgan fingerprint density at radius 3 is 1.76 bits per heavy atom. The van der Waals surface area contributed by atoms with Gasteiger partial charge in [0.05, 0.1) is 19.1 Å². The fraction of sp³-hybridized carbons (Fsp3) is 0.680. The first-order valence-corrected chi connectivity index (χ1v) is 13.9. The number of carboxylic acids is 2. The van der Waals surface area contributed by atoms with Crippen molar-refractivity contribution in [2.75, 3.05) is 13.2 Å². The summed E-state index contributed by atoms with van der Waals surface area (Å²) in [6.45, 7) is 4.81. The zero-order valence-electron chi connectivity index (χ0n) is 25.5. The summed E-state index contributed by atoms with van der Waals surface area (Å²) < 4.78 is 0. The molecule has 0 aliphatic heterocycles. The van der Waals surface area contributed by atoms with Gasteiger partial charge in [0.15, 0.2) is 5.96 Å². The van der Waals surface area contributed by atoms with Crippen molar-refractivity contribution >= 4 is 47.4 Å². The highest BCUT2D eigenvalue weighted by Gasteiger charge is 2.33. The number of nitrogens with two attached hydrogens (primary N) is 2. The largest absolute Gasteiger partial charge is 0.481 e. The van der Waals surface area contributed by atoms with Crippen molar-refractivity contribution in [1.82, 2.24) is 31.9 Å². The number of carboxylic acid groups (broad SMARTS) is 2. The molecule has 7 atom stereocenters. The SMILES string of the molecule is CC(C)[C@H](NC(=O)[C@@H](N)[C@@H](C)O)C(=O)N[C@@H](CCCNC(=N)N)C(=O)N[C@@H](CO)C(=O)N[C@@H](C)C(=O)N[C@@H](CC(=O)O)C(=O)O. The molecule has 20 heteroatoms. The number of aliphatic carboxylic acids is 2. The van der Waals surface area contributed by atoms with E-state index in [1.165, 1.54) is 6.92 Å². The molecule has 0 fully saturated rings. The van der Waals surface area contributed by atoms with Crippen LogP contribution in [0.15, 0.2) is 0 Å². The predicted octanol–water partition coefficient (Wildman–Crippen LogP) is -5.39. The number of hydrogen-bond donors (Lipinski definition) is 13. The second kappa shape index (κ2) is 19.7. The normalized spacial score (nSPS) is 15.6. The Bertz CT molecular complexity index is 1090. The maximum Gasteiger partial charge on any atom is 0.326 e. The van der Waals surface area contributed by atoms with Crippen molar-refractivity contribution < 1.29 is 54.0 Å². The molecule has 0 aromatic rings. The number of carbonyl (C=O) groups is 7. The maximum atomic E-state index is 13.2. The maximum absolute atomic E-state index is 13.2. The molecule has 0 radical (unpaired) electrons. The third-order valence-corrected chi connectivity index (χ3v) is 6.25. The van der Waals surface area contributed by atoms with Crippen LogP contribution in [0.25, 0.3) is 0 Å². The molecule has 20 nitrogen and oxygen atoms in total. The van der Waals surface area contributed by atoms with Gasteiger partial charge in [-0.25, -0.2) is 4.79 Å². The van der Waals surface area contributed by atoms with Crippen molar-refractivity contribution in [3.63, 3.8) is 0 Å². The number of aliphatic hydroxyl groups is 2. The van der Waals surface area contributed by atoms with E-state index in [1.54, 1.807) is 13.8 Å². The number of carbonyl (C=O) groups excluding carboxylic acids is 5. The Kier molecular flexibility index (Phi) is 17.7. The van der Waals surface area contributed by atoms with Gasteiger partial charge in [0.2, 0.25) is 29.5 Å². The van der Waals surface area contributed by atoms with Crippen LogP contribution in [0.3, 0.4) is 0 Å². The number of guanidine groups is 1. The molecule has 45 heavy (non-hydrogen) atoms. The summed E-state index contributed by atoms with van der Waals surface area (Å²) in [5.74, 6) is -8.66. The number of aliphatic hydroxyl groups excluding tert-OH is 2. The Morgan fingerprint density at radius 1 is 0.756 bits per heavy atom. The van der Waals surface area contributed by atoms with E-state index in [9.17, 15) is 43.8 Å². The zero-order chi connectivity index (χ0) is 35.0. The highest BCUT2D eigenvalue weighted by Crippen LogP contribution is 2.06. The topological polar surface area (TPSA) is 348 Å². The molecule has 0 aliphatic rings. The second-order valence-corrected chi connectivity index (χ2v) is 10.5. The average Bonchev–Trinajstić information content (AvgIpc) is 2.93. The Balaban J connectivity index is 5.72. The summed E-state index contributed by atoms with van der Waals surface area (Å²) in [5, 5.41) is 58.3. The van der Waals surface area contributed by atoms with E-state index in [2.05, 4.69) is 26.6 Å². The molecule has 0 aromatic carbocycles. The van der Waals surface area contributed by atoms with Gasteiger partial charge < -0.3 is 63.8 Å². The number of amides is 5. The fourth-order valence-corrected chi connectivity index (χ4v) is 3.58. The quantitative estimate of drug-likeness (QED) is 0.0333. The first kappa shape index (κ1) is 40.4. The average molecular weight is 648 g/mol. The first-order valence-electron chi connectivity index (χ1n) is 13.9. The Labute approximate surface area is 258 Å². The number of hydrogen-bond acceptors (Lipinski definition) is 11. The monoisotopic (exact) mass is 647 g/mol. The minimum atomic E-state index is -1.79. The molecule has 0 aromatic heterocycles. The van der Waals surface area contributed by atoms with E-state index < -0.39 is 103 Å². The molecule has 256 valence electrons. The third kappa shape index (κ3) is 15.1. The van der Waals surface area contributed by atoms with E-state index in [4.69, 9.17) is 27.1 Å². The Morgan fingerprint density at radius 2 is 1.29 bits per heavy atom. The van der Waals surface area contributed by atoms with Crippen LogP contribution in [0.4, 0.5) is 0 Å². The molecule has 0 bridgehead atoms. The zero-order valence-corrected chi connectivity index (χ0v) is 25.5. The molecule has 0 heterocycles. The third-order valence-electron chi connectivity index (χ3n) is 6.25. The predicted molar refractivity (Wildman–Crippen MR) is 156 cm³/mol. The summed E-state index contributed by atoms with van der Waals surface area (Å²) >= 11 is 0. The van der Waals surface area contributed by atoms with E-state index in [0.717, 1.165) is 6.92 Å². The first-order chi connectivity index (χ1) is 20.8. The van der Waals surface area contributed by atoms with Crippen LogP contribution in [0, 0.1) is 11.3 Å². The molecule has 0 saturated carbocycles. The van der Waals surface area contributed by atoms with Crippen LogP contribution < -0.4 is 43.4 Å². The van der Waals surface area contributed by atoms with Crippen LogP contribution >= 0.6 is 0 Å². The van der Waals surface area contributed by atoms with Gasteiger partial charge in [-0.15, -0.1) is 0 Å². The summed E-state index contributed by atoms with van der Waals surface area (Å²) in [6.07, 6.45) is -2.03. The van der Waals surface area contributed by atoms with Crippen molar-refractivity contribution in [3.8, 4) is 0 Å². The highest BCUT2D eigenvalue weighted by atomic mass is 16.4. The molecule has 0 aliphatic carbocycles. The lowest BCUT2D eigenvalue weighted by molar-refractivity contribution is -0.147.